The van der Waals surface area contributed by atoms with Crippen LogP contribution in [0.2, 0.25) is 0 Å². The van der Waals surface area contributed by atoms with Crippen molar-refractivity contribution in [1.82, 2.24) is 10.5 Å². The van der Waals surface area contributed by atoms with Crippen LogP contribution in [-0.2, 0) is 6.54 Å². The van der Waals surface area contributed by atoms with Crippen LogP contribution >= 0.6 is 15.9 Å². The summed E-state index contributed by atoms with van der Waals surface area (Å²) in [7, 11) is 0. The maximum absolute atomic E-state index is 11.9. The molecule has 88 valence electrons. The molecule has 0 spiro atoms. The minimum absolute atomic E-state index is 0.216. The van der Waals surface area contributed by atoms with Gasteiger partial charge in [0.2, 0.25) is 0 Å². The molecule has 0 fully saturated rings. The zero-order valence-corrected chi connectivity index (χ0v) is 10.4. The van der Waals surface area contributed by atoms with E-state index in [0.29, 0.717) is 28.0 Å². The van der Waals surface area contributed by atoms with Crippen molar-refractivity contribution in [3.63, 3.8) is 0 Å². The van der Waals surface area contributed by atoms with E-state index in [2.05, 4.69) is 30.9 Å². The number of carbonyl (C=O) groups is 1. The molecule has 0 unspecified atom stereocenters. The fourth-order valence-electron chi connectivity index (χ4n) is 1.31. The Morgan fingerprint density at radius 2 is 2.29 bits per heavy atom. The molecule has 0 atom stereocenters. The Bertz CT molecular complexity index is 526. The number of nitrogens with two attached hydrogens (primary N) is 1. The Morgan fingerprint density at radius 1 is 1.47 bits per heavy atom. The second-order valence-electron chi connectivity index (χ2n) is 3.41. The van der Waals surface area contributed by atoms with E-state index in [1.54, 1.807) is 24.3 Å². The largest absolute Gasteiger partial charge is 0.399 e. The van der Waals surface area contributed by atoms with E-state index in [9.17, 15) is 4.79 Å². The molecule has 17 heavy (non-hydrogen) atoms. The monoisotopic (exact) mass is 295 g/mol. The van der Waals surface area contributed by atoms with Crippen molar-refractivity contribution in [2.45, 2.75) is 6.54 Å². The van der Waals surface area contributed by atoms with Crippen LogP contribution in [0.3, 0.4) is 0 Å². The highest BCUT2D eigenvalue weighted by Crippen LogP contribution is 2.19. The molecular weight excluding hydrogens is 286 g/mol. The minimum atomic E-state index is -0.216. The van der Waals surface area contributed by atoms with Crippen LogP contribution in [-0.4, -0.2) is 11.1 Å². The number of carbonyl (C=O) groups excluding carboxylic acids is 1. The van der Waals surface area contributed by atoms with E-state index in [4.69, 9.17) is 5.73 Å². The first-order valence-electron chi connectivity index (χ1n) is 4.89. The van der Waals surface area contributed by atoms with E-state index in [1.807, 2.05) is 0 Å². The first-order chi connectivity index (χ1) is 8.16. The van der Waals surface area contributed by atoms with Crippen molar-refractivity contribution < 1.29 is 9.32 Å². The van der Waals surface area contributed by atoms with Gasteiger partial charge in [0.25, 0.3) is 5.91 Å². The molecule has 1 aromatic carbocycles. The highest BCUT2D eigenvalue weighted by atomic mass is 79.9. The standard InChI is InChI=1S/C11H10BrN3O2/c12-10-2-1-7(13)5-9(10)11(16)14-6-8-3-4-17-15-8/h1-5H,6,13H2,(H,14,16). The topological polar surface area (TPSA) is 81.2 Å². The molecule has 0 radical (unpaired) electrons. The smallest absolute Gasteiger partial charge is 0.252 e. The number of hydrogen-bond acceptors (Lipinski definition) is 4. The lowest BCUT2D eigenvalue weighted by Crippen LogP contribution is -2.23. The number of rotatable bonds is 3. The van der Waals surface area contributed by atoms with E-state index in [0.717, 1.165) is 0 Å². The fraction of sp³-hybridized carbons (Fsp3) is 0.0909. The lowest BCUT2D eigenvalue weighted by Gasteiger charge is -2.06. The maximum atomic E-state index is 11.9. The zero-order chi connectivity index (χ0) is 12.3. The third kappa shape index (κ3) is 2.85. The predicted octanol–water partition coefficient (Wildman–Crippen LogP) is 1.95. The summed E-state index contributed by atoms with van der Waals surface area (Å²) in [5.74, 6) is -0.216. The van der Waals surface area contributed by atoms with Crippen molar-refractivity contribution in [3.8, 4) is 0 Å². The maximum Gasteiger partial charge on any atom is 0.252 e. The van der Waals surface area contributed by atoms with E-state index in [1.165, 1.54) is 6.26 Å². The molecule has 5 nitrogen and oxygen atoms in total. The lowest BCUT2D eigenvalue weighted by atomic mass is 10.2. The summed E-state index contributed by atoms with van der Waals surface area (Å²) in [5, 5.41) is 6.42. The first kappa shape index (κ1) is 11.7. The van der Waals surface area contributed by atoms with Crippen molar-refractivity contribution in [3.05, 3.63) is 46.3 Å². The van der Waals surface area contributed by atoms with Gasteiger partial charge in [0.05, 0.1) is 12.1 Å². The summed E-state index contributed by atoms with van der Waals surface area (Å²) in [6, 6.07) is 6.76. The number of nitrogens with zero attached hydrogens (tertiary/aromatic N) is 1. The number of benzene rings is 1. The normalized spacial score (nSPS) is 10.2. The third-order valence-corrected chi connectivity index (χ3v) is 2.85. The summed E-state index contributed by atoms with van der Waals surface area (Å²) >= 11 is 3.30. The van der Waals surface area contributed by atoms with Gasteiger partial charge in [-0.2, -0.15) is 0 Å². The second kappa shape index (κ2) is 5.01. The van der Waals surface area contributed by atoms with Gasteiger partial charge in [-0.1, -0.05) is 5.16 Å². The van der Waals surface area contributed by atoms with Gasteiger partial charge >= 0.3 is 0 Å². The average Bonchev–Trinajstić information content (AvgIpc) is 2.82. The first-order valence-corrected chi connectivity index (χ1v) is 5.68. The molecule has 0 aliphatic carbocycles. The quantitative estimate of drug-likeness (QED) is 0.848. The third-order valence-electron chi connectivity index (χ3n) is 2.16. The average molecular weight is 296 g/mol. The number of nitrogens with one attached hydrogen (secondary N) is 1. The van der Waals surface area contributed by atoms with E-state index >= 15 is 0 Å². The van der Waals surface area contributed by atoms with Crippen LogP contribution in [0, 0.1) is 0 Å². The highest BCUT2D eigenvalue weighted by molar-refractivity contribution is 9.10. The zero-order valence-electron chi connectivity index (χ0n) is 8.81. The molecule has 3 N–H and O–H groups in total. The summed E-state index contributed by atoms with van der Waals surface area (Å²) in [4.78, 5) is 11.9. The molecule has 0 saturated carbocycles. The van der Waals surface area contributed by atoms with Crippen molar-refractivity contribution in [1.29, 1.82) is 0 Å². The number of hydrogen-bond donors (Lipinski definition) is 2. The number of anilines is 1. The van der Waals surface area contributed by atoms with Crippen LogP contribution in [0.1, 0.15) is 16.1 Å². The predicted molar refractivity (Wildman–Crippen MR) is 66.2 cm³/mol. The van der Waals surface area contributed by atoms with Crippen molar-refractivity contribution in [2.24, 2.45) is 0 Å². The molecule has 0 aliphatic rings. The SMILES string of the molecule is Nc1ccc(Br)c(C(=O)NCc2ccon2)c1. The van der Waals surface area contributed by atoms with Crippen molar-refractivity contribution in [2.75, 3.05) is 5.73 Å². The van der Waals surface area contributed by atoms with Crippen LogP contribution in [0.15, 0.2) is 39.5 Å². The molecule has 6 heteroatoms. The summed E-state index contributed by atoms with van der Waals surface area (Å²) in [5.41, 5.74) is 7.33. The van der Waals surface area contributed by atoms with Gasteiger partial charge < -0.3 is 15.6 Å². The van der Waals surface area contributed by atoms with Gasteiger partial charge in [-0.05, 0) is 34.1 Å². The van der Waals surface area contributed by atoms with Gasteiger partial charge in [0.15, 0.2) is 0 Å². The Kier molecular flexibility index (Phi) is 3.43. The van der Waals surface area contributed by atoms with E-state index in [-0.39, 0.29) is 5.91 Å². The molecule has 2 aromatic rings. The Morgan fingerprint density at radius 3 is 3.00 bits per heavy atom. The highest BCUT2D eigenvalue weighted by Gasteiger charge is 2.10. The molecule has 1 heterocycles. The number of aromatic nitrogens is 1. The Hall–Kier alpha value is -1.82. The molecule has 1 amide bonds. The second-order valence-corrected chi connectivity index (χ2v) is 4.27. The summed E-state index contributed by atoms with van der Waals surface area (Å²) in [6.45, 7) is 0.316. The molecule has 0 aliphatic heterocycles. The number of halogens is 1. The van der Waals surface area contributed by atoms with Gasteiger partial charge in [-0.15, -0.1) is 0 Å². The van der Waals surface area contributed by atoms with Gasteiger partial charge in [0.1, 0.15) is 12.0 Å². The van der Waals surface area contributed by atoms with E-state index < -0.39 is 0 Å². The Labute approximate surface area is 106 Å². The van der Waals surface area contributed by atoms with Crippen LogP contribution < -0.4 is 11.1 Å². The summed E-state index contributed by atoms with van der Waals surface area (Å²) < 4.78 is 5.36. The minimum Gasteiger partial charge on any atom is -0.399 e. The number of amides is 1. The number of nitrogen functional groups attached to an aromatic ring is 1. The van der Waals surface area contributed by atoms with Gasteiger partial charge in [-0.3, -0.25) is 4.79 Å². The van der Waals surface area contributed by atoms with Crippen molar-refractivity contribution >= 4 is 27.5 Å². The molecule has 2 rings (SSSR count). The molecule has 1 aromatic heterocycles. The molecule has 0 saturated heterocycles. The van der Waals surface area contributed by atoms with Gasteiger partial charge in [-0.25, -0.2) is 0 Å². The van der Waals surface area contributed by atoms with Crippen LogP contribution in [0.25, 0.3) is 0 Å². The lowest BCUT2D eigenvalue weighted by molar-refractivity contribution is 0.0949. The molecular formula is C11H10BrN3O2. The Balaban J connectivity index is 2.07. The summed E-state index contributed by atoms with van der Waals surface area (Å²) in [6.07, 6.45) is 1.46. The van der Waals surface area contributed by atoms with Crippen LogP contribution in [0.4, 0.5) is 5.69 Å². The molecule has 0 bridgehead atoms. The van der Waals surface area contributed by atoms with Crippen LogP contribution in [0.5, 0.6) is 0 Å². The fourth-order valence-corrected chi connectivity index (χ4v) is 1.74. The van der Waals surface area contributed by atoms with Gasteiger partial charge in [0, 0.05) is 16.2 Å².